The van der Waals surface area contributed by atoms with E-state index >= 15 is 0 Å². The fourth-order valence-corrected chi connectivity index (χ4v) is 6.50. The second-order valence-electron chi connectivity index (χ2n) is 35.3. The number of nitrogens with one attached hydrogen (secondary N) is 8. The van der Waals surface area contributed by atoms with Gasteiger partial charge in [0.2, 0.25) is 23.6 Å². The number of hydrogen-bond donors (Lipinski definition) is 13. The monoisotopic (exact) mass is 1700 g/mol. The van der Waals surface area contributed by atoms with Gasteiger partial charge in [-0.3, -0.25) is 34.0 Å². The number of primary amides is 2. The van der Waals surface area contributed by atoms with Crippen molar-refractivity contribution in [2.45, 2.75) is 383 Å². The second kappa shape index (κ2) is 73.6. The lowest BCUT2D eigenvalue weighted by Crippen LogP contribution is -2.33. The van der Waals surface area contributed by atoms with Crippen LogP contribution < -0.4 is 33.6 Å². The zero-order valence-electron chi connectivity index (χ0n) is 83.1. The van der Waals surface area contributed by atoms with Crippen molar-refractivity contribution in [1.29, 1.82) is 0 Å². The van der Waals surface area contributed by atoms with Crippen molar-refractivity contribution in [2.24, 2.45) is 92.1 Å². The van der Waals surface area contributed by atoms with Crippen molar-refractivity contribution in [3.63, 3.8) is 0 Å². The van der Waals surface area contributed by atoms with Crippen molar-refractivity contribution in [3.8, 4) is 0 Å². The summed E-state index contributed by atoms with van der Waals surface area (Å²) in [7, 11) is 0. The van der Waals surface area contributed by atoms with Crippen molar-refractivity contribution < 1.29 is 29.1 Å². The lowest BCUT2D eigenvalue weighted by atomic mass is 9.99. The number of tetrazole rings is 4. The molecule has 34 nitrogen and oxygen atoms in total. The van der Waals surface area contributed by atoms with Crippen LogP contribution in [0.2, 0.25) is 0 Å². The number of aromatic nitrogens is 20. The zero-order valence-corrected chi connectivity index (χ0v) is 83.1. The summed E-state index contributed by atoms with van der Waals surface area (Å²) in [5, 5.41) is 68.1. The SMILES string of the molecule is CC(C)/C=C(\O)C(C)C.CC(C)C(N)=O.CC(C)C(N)=O.CC(C)CC(=O)C(C)C.CC(C)N=C(N)C(C)C.CC(C)N=C(N)C(C)C.CC(C)NC(=O)C(C)C.CC(C)NC(=O)C(C)C.CC(C)c1cnc(C(C)C)[nH]1.CC(C)c1cnc(C(C)C)[nH]1.CC(C)c1nn[nH]n1.CC(C)c1nn[nH]n1.CC(C)c1nn[nH]n1.CC(C)c1nn[nH]n1. The molecule has 0 spiro atoms. The lowest BCUT2D eigenvalue weighted by Gasteiger charge is -2.09. The van der Waals surface area contributed by atoms with Crippen molar-refractivity contribution in [1.82, 2.24) is 113 Å². The predicted molar refractivity (Wildman–Crippen MR) is 494 cm³/mol. The molecular weight excluding hydrogens is 1520 g/mol. The molecule has 6 aromatic rings. The van der Waals surface area contributed by atoms with Crippen LogP contribution in [0.1, 0.15) is 405 Å². The third kappa shape index (κ3) is 81.1. The number of nitrogens with zero attached hydrogens (tertiary/aromatic N) is 16. The van der Waals surface area contributed by atoms with Gasteiger partial charge in [-0.2, -0.15) is 20.9 Å². The van der Waals surface area contributed by atoms with Crippen LogP contribution >= 0.6 is 0 Å². The highest BCUT2D eigenvalue weighted by Crippen LogP contribution is 2.17. The molecular formula is C86H176N28O6. The number of allylic oxidation sites excluding steroid dienone is 2. The molecule has 6 rings (SSSR count). The number of nitrogens with two attached hydrogens (primary N) is 4. The molecule has 0 bridgehead atoms. The number of imidazole rings is 2. The van der Waals surface area contributed by atoms with Gasteiger partial charge < -0.3 is 48.6 Å². The molecule has 0 unspecified atom stereocenters. The fourth-order valence-electron chi connectivity index (χ4n) is 6.50. The first kappa shape index (κ1) is 126. The number of aromatic amines is 6. The van der Waals surface area contributed by atoms with E-state index in [9.17, 15) is 24.0 Å². The molecule has 0 aromatic carbocycles. The number of aliphatic imine (C=N–C) groups is 2. The van der Waals surface area contributed by atoms with Crippen LogP contribution in [-0.4, -0.2) is 173 Å². The largest absolute Gasteiger partial charge is 0.512 e. The molecule has 0 aliphatic rings. The minimum Gasteiger partial charge on any atom is -0.512 e. The highest BCUT2D eigenvalue weighted by molar-refractivity contribution is 5.83. The van der Waals surface area contributed by atoms with Crippen LogP contribution in [0.4, 0.5) is 0 Å². The molecule has 0 aliphatic heterocycles. The van der Waals surface area contributed by atoms with Gasteiger partial charge in [-0.25, -0.2) is 9.97 Å². The van der Waals surface area contributed by atoms with Gasteiger partial charge in [-0.05, 0) is 85.1 Å². The molecule has 0 radical (unpaired) electrons. The van der Waals surface area contributed by atoms with E-state index < -0.39 is 0 Å². The second-order valence-corrected chi connectivity index (χ2v) is 35.3. The van der Waals surface area contributed by atoms with Crippen LogP contribution in [0.15, 0.2) is 34.2 Å². The Labute approximate surface area is 725 Å². The number of rotatable bonds is 23. The number of aliphatic hydroxyl groups excluding tert-OH is 1. The summed E-state index contributed by atoms with van der Waals surface area (Å²) in [5.74, 6) is 13.4. The molecule has 17 N–H and O–H groups in total. The Balaban J connectivity index is -0.000000188. The third-order valence-electron chi connectivity index (χ3n) is 14.5. The average molecular weight is 1700 g/mol. The van der Waals surface area contributed by atoms with Crippen LogP contribution in [0.5, 0.6) is 0 Å². The first-order valence-electron chi connectivity index (χ1n) is 42.8. The summed E-state index contributed by atoms with van der Waals surface area (Å²) in [5.41, 5.74) is 23.2. The number of carbonyl (C=O) groups is 5. The van der Waals surface area contributed by atoms with Gasteiger partial charge in [0, 0.05) is 137 Å². The van der Waals surface area contributed by atoms with Crippen molar-refractivity contribution in [3.05, 3.63) is 70.6 Å². The lowest BCUT2D eigenvalue weighted by molar-refractivity contribution is -0.125. The Morgan fingerprint density at radius 2 is 0.608 bits per heavy atom. The van der Waals surface area contributed by atoms with Gasteiger partial charge in [-0.1, -0.05) is 270 Å². The van der Waals surface area contributed by atoms with Crippen molar-refractivity contribution in [2.75, 3.05) is 0 Å². The summed E-state index contributed by atoms with van der Waals surface area (Å²) in [6.07, 6.45) is 6.47. The number of amides is 4. The van der Waals surface area contributed by atoms with E-state index in [2.05, 4.69) is 206 Å². The molecule has 696 valence electrons. The zero-order chi connectivity index (χ0) is 95.7. The summed E-state index contributed by atoms with van der Waals surface area (Å²) in [6.45, 7) is 88.2. The van der Waals surface area contributed by atoms with E-state index in [4.69, 9.17) is 28.0 Å². The molecule has 0 atom stereocenters. The van der Waals surface area contributed by atoms with E-state index in [1.165, 1.54) is 11.4 Å². The van der Waals surface area contributed by atoms with E-state index in [1.807, 2.05) is 212 Å². The highest BCUT2D eigenvalue weighted by Gasteiger charge is 2.12. The average Bonchev–Trinajstić information content (AvgIpc) is 1.67. The predicted octanol–water partition coefficient (Wildman–Crippen LogP) is 17.0. The van der Waals surface area contributed by atoms with Gasteiger partial charge >= 0.3 is 0 Å². The Morgan fingerprint density at radius 3 is 0.683 bits per heavy atom. The Kier molecular flexibility index (Phi) is 77.5. The van der Waals surface area contributed by atoms with E-state index in [-0.39, 0.29) is 71.2 Å². The van der Waals surface area contributed by atoms with Crippen LogP contribution in [-0.2, 0) is 24.0 Å². The highest BCUT2D eigenvalue weighted by atomic mass is 16.3. The standard InChI is InChI=1S/2C9H16N2.2C8H16O.2C7H16N2.2C7H15NO.4C4H8N4.2C4H9NO/c2*1-6(2)8-5-10-9(11-8)7(3)4;2*1-6(2)5-8(9)7(3)4;2*1-5(2)7(8)9-6(3)4;2*1-5(2)7(9)8-6(3)4;4*1-3(2)4-5-7-8-6-4;2*1-3(2)4(5)6/h2*5-7H,1-4H3,(H,10,11);6-7H,5H2,1-4H3;5-7,9H,1-4H3;2*5-6H,1-4H3,(H2,8,9);2*5-6H,1-4H3,(H,8,9);4*3H,1-2H3,(H,5,6,7,8);2*3H,1-2H3,(H2,5,6)/b;;;8-5-;;;;;;;;;;. The van der Waals surface area contributed by atoms with Gasteiger partial charge in [0.15, 0.2) is 23.3 Å². The molecule has 4 amide bonds. The van der Waals surface area contributed by atoms with Crippen LogP contribution in [0, 0.1) is 59.2 Å². The number of Topliss-reactive ketones (excluding diaryl/α,β-unsaturated/α-hetero) is 1. The first-order chi connectivity index (χ1) is 54.9. The maximum Gasteiger partial charge on any atom is 0.222 e. The molecule has 0 fully saturated rings. The van der Waals surface area contributed by atoms with Gasteiger partial charge in [0.25, 0.3) is 0 Å². The minimum atomic E-state index is -0.241. The normalized spacial score (nSPS) is 11.2. The molecule has 120 heavy (non-hydrogen) atoms. The number of H-pyrrole nitrogens is 6. The van der Waals surface area contributed by atoms with Gasteiger partial charge in [-0.15, -0.1) is 40.8 Å². The smallest absolute Gasteiger partial charge is 0.222 e. The molecule has 0 saturated heterocycles. The van der Waals surface area contributed by atoms with E-state index in [0.717, 1.165) is 53.0 Å². The van der Waals surface area contributed by atoms with Gasteiger partial charge in [0.05, 0.1) is 17.4 Å². The van der Waals surface area contributed by atoms with Crippen LogP contribution in [0.25, 0.3) is 0 Å². The fraction of sp³-hybridized carbons (Fsp3) is 0.779. The Morgan fingerprint density at radius 1 is 0.358 bits per heavy atom. The maximum atomic E-state index is 11.0. The number of ketones is 1. The number of hydrogen-bond acceptors (Lipinski definition) is 22. The minimum absolute atomic E-state index is 0.00926. The summed E-state index contributed by atoms with van der Waals surface area (Å²) < 4.78 is 0. The molecule has 0 saturated carbocycles. The first-order valence-corrected chi connectivity index (χ1v) is 42.8. The number of aliphatic hydroxyl groups is 1. The summed E-state index contributed by atoms with van der Waals surface area (Å²) in [4.78, 5) is 76.0. The van der Waals surface area contributed by atoms with E-state index in [0.29, 0.717) is 94.6 Å². The maximum absolute atomic E-state index is 11.0. The summed E-state index contributed by atoms with van der Waals surface area (Å²) in [6, 6.07) is 1.18. The Hall–Kier alpha value is -9.27. The van der Waals surface area contributed by atoms with Crippen molar-refractivity contribution >= 4 is 41.1 Å². The quantitative estimate of drug-likeness (QED) is 0.0161. The molecule has 6 aromatic heterocycles. The molecule has 6 heterocycles. The third-order valence-corrected chi connectivity index (χ3v) is 14.5. The summed E-state index contributed by atoms with van der Waals surface area (Å²) >= 11 is 0. The molecule has 0 aliphatic carbocycles. The van der Waals surface area contributed by atoms with Gasteiger partial charge in [0.1, 0.15) is 17.4 Å². The Bertz CT molecular complexity index is 3050. The van der Waals surface area contributed by atoms with Crippen LogP contribution in [0.3, 0.4) is 0 Å². The molecule has 34 heteroatoms. The number of carbonyl (C=O) groups excluding carboxylic acids is 5. The topological polar surface area (TPSA) is 534 Å². The number of amidine groups is 2. The van der Waals surface area contributed by atoms with E-state index in [1.54, 1.807) is 27.7 Å².